The molecular formula is C13H17N3OS. The first-order chi connectivity index (χ1) is 8.70. The van der Waals surface area contributed by atoms with E-state index < -0.39 is 0 Å². The summed E-state index contributed by atoms with van der Waals surface area (Å²) in [4.78, 5) is 7.26. The predicted octanol–water partition coefficient (Wildman–Crippen LogP) is 2.60. The van der Waals surface area contributed by atoms with Gasteiger partial charge in [-0.1, -0.05) is 30.8 Å². The molecule has 2 atom stereocenters. The Bertz CT molecular complexity index is 469. The third kappa shape index (κ3) is 3.05. The van der Waals surface area contributed by atoms with Gasteiger partial charge in [0, 0.05) is 23.7 Å². The van der Waals surface area contributed by atoms with Crippen molar-refractivity contribution in [3.05, 3.63) is 42.2 Å². The molecule has 3 N–H and O–H groups in total. The topological polar surface area (TPSA) is 63.9 Å². The Morgan fingerprint density at radius 2 is 2.06 bits per heavy atom. The van der Waals surface area contributed by atoms with Gasteiger partial charge in [0.1, 0.15) is 5.75 Å². The van der Waals surface area contributed by atoms with Crippen molar-refractivity contribution in [1.82, 2.24) is 9.97 Å². The van der Waals surface area contributed by atoms with Gasteiger partial charge < -0.3 is 15.5 Å². The van der Waals surface area contributed by atoms with Crippen molar-refractivity contribution in [3.63, 3.8) is 0 Å². The molecule has 2 unspecified atom stereocenters. The normalized spacial score (nSPS) is 14.2. The molecule has 0 radical (unpaired) electrons. The minimum atomic E-state index is -0.0361. The lowest BCUT2D eigenvalue weighted by molar-refractivity contribution is 0.414. The van der Waals surface area contributed by atoms with E-state index in [4.69, 9.17) is 10.5 Å². The van der Waals surface area contributed by atoms with E-state index >= 15 is 0 Å². The van der Waals surface area contributed by atoms with Crippen LogP contribution in [0.25, 0.3) is 0 Å². The number of H-pyrrole nitrogens is 1. The van der Waals surface area contributed by atoms with E-state index in [1.54, 1.807) is 25.1 Å². The highest BCUT2D eigenvalue weighted by Crippen LogP contribution is 2.29. The van der Waals surface area contributed by atoms with Crippen LogP contribution in [0.15, 0.2) is 41.8 Å². The molecule has 2 aromatic rings. The Hall–Kier alpha value is -1.46. The van der Waals surface area contributed by atoms with E-state index in [1.807, 2.05) is 30.5 Å². The number of ether oxygens (including phenoxy) is 1. The van der Waals surface area contributed by atoms with Gasteiger partial charge in [-0.3, -0.25) is 0 Å². The predicted molar refractivity (Wildman–Crippen MR) is 73.8 cm³/mol. The zero-order valence-electron chi connectivity index (χ0n) is 10.5. The molecule has 0 fully saturated rings. The summed E-state index contributed by atoms with van der Waals surface area (Å²) >= 11 is 1.64. The van der Waals surface area contributed by atoms with Crippen LogP contribution in [0.3, 0.4) is 0 Å². The highest BCUT2D eigenvalue weighted by Gasteiger charge is 2.17. The summed E-state index contributed by atoms with van der Waals surface area (Å²) < 4.78 is 5.13. The van der Waals surface area contributed by atoms with Gasteiger partial charge >= 0.3 is 0 Å². The molecule has 2 rings (SSSR count). The standard InChI is InChI=1S/C13H17N3OS/c1-9(18-13-15-7-8-16-13)12(14)10-3-5-11(17-2)6-4-10/h3-9,12H,14H2,1-2H3,(H,15,16). The van der Waals surface area contributed by atoms with Crippen molar-refractivity contribution < 1.29 is 4.74 Å². The number of aromatic amines is 1. The molecule has 5 heteroatoms. The van der Waals surface area contributed by atoms with Crippen molar-refractivity contribution in [2.24, 2.45) is 5.73 Å². The number of hydrogen-bond acceptors (Lipinski definition) is 4. The highest BCUT2D eigenvalue weighted by atomic mass is 32.2. The van der Waals surface area contributed by atoms with Gasteiger partial charge in [0.2, 0.25) is 0 Å². The Kier molecular flexibility index (Phi) is 4.28. The average Bonchev–Trinajstić information content (AvgIpc) is 2.91. The molecule has 1 aromatic carbocycles. The van der Waals surface area contributed by atoms with Crippen molar-refractivity contribution in [1.29, 1.82) is 0 Å². The number of benzene rings is 1. The number of nitrogens with one attached hydrogen (secondary N) is 1. The fourth-order valence-electron chi connectivity index (χ4n) is 1.66. The van der Waals surface area contributed by atoms with Crippen molar-refractivity contribution in [2.75, 3.05) is 7.11 Å². The molecule has 0 spiro atoms. The molecule has 0 bridgehead atoms. The third-order valence-corrected chi connectivity index (χ3v) is 3.89. The number of nitrogens with two attached hydrogens (primary N) is 1. The number of imidazole rings is 1. The van der Waals surface area contributed by atoms with Gasteiger partial charge in [0.05, 0.1) is 7.11 Å². The molecule has 0 aliphatic carbocycles. The molecule has 0 saturated heterocycles. The first-order valence-corrected chi connectivity index (χ1v) is 6.64. The van der Waals surface area contributed by atoms with E-state index in [1.165, 1.54) is 0 Å². The fourth-order valence-corrected chi connectivity index (χ4v) is 2.58. The maximum Gasteiger partial charge on any atom is 0.165 e. The lowest BCUT2D eigenvalue weighted by Crippen LogP contribution is -2.21. The van der Waals surface area contributed by atoms with Gasteiger partial charge in [-0.05, 0) is 17.7 Å². The van der Waals surface area contributed by atoms with Crippen LogP contribution in [-0.2, 0) is 0 Å². The van der Waals surface area contributed by atoms with Crippen molar-refractivity contribution in [2.45, 2.75) is 23.4 Å². The molecule has 0 aliphatic heterocycles. The summed E-state index contributed by atoms with van der Waals surface area (Å²) in [5.41, 5.74) is 7.34. The molecule has 0 aliphatic rings. The number of aromatic nitrogens is 2. The van der Waals surface area contributed by atoms with Crippen LogP contribution in [0.1, 0.15) is 18.5 Å². The number of rotatable bonds is 5. The lowest BCUT2D eigenvalue weighted by atomic mass is 10.1. The van der Waals surface area contributed by atoms with Gasteiger partial charge in [0.25, 0.3) is 0 Å². The average molecular weight is 263 g/mol. The summed E-state index contributed by atoms with van der Waals surface area (Å²) in [6.07, 6.45) is 3.56. The zero-order chi connectivity index (χ0) is 13.0. The molecular weight excluding hydrogens is 246 g/mol. The monoisotopic (exact) mass is 263 g/mol. The summed E-state index contributed by atoms with van der Waals surface area (Å²) in [7, 11) is 1.66. The Morgan fingerprint density at radius 3 is 2.61 bits per heavy atom. The highest BCUT2D eigenvalue weighted by molar-refractivity contribution is 7.99. The number of thioether (sulfide) groups is 1. The molecule has 0 saturated carbocycles. The minimum Gasteiger partial charge on any atom is -0.497 e. The molecule has 1 heterocycles. The first kappa shape index (κ1) is 13.0. The quantitative estimate of drug-likeness (QED) is 0.814. The van der Waals surface area contributed by atoms with Crippen LogP contribution in [0.4, 0.5) is 0 Å². The van der Waals surface area contributed by atoms with E-state index in [9.17, 15) is 0 Å². The number of nitrogens with zero attached hydrogens (tertiary/aromatic N) is 1. The van der Waals surface area contributed by atoms with Crippen LogP contribution in [0, 0.1) is 0 Å². The first-order valence-electron chi connectivity index (χ1n) is 5.76. The molecule has 1 aromatic heterocycles. The third-order valence-electron chi connectivity index (χ3n) is 2.78. The zero-order valence-corrected chi connectivity index (χ0v) is 11.3. The van der Waals surface area contributed by atoms with E-state index in [2.05, 4.69) is 16.9 Å². The van der Waals surface area contributed by atoms with Crippen LogP contribution in [0.2, 0.25) is 0 Å². The second-order valence-corrected chi connectivity index (χ2v) is 5.38. The maximum absolute atomic E-state index is 6.24. The maximum atomic E-state index is 6.24. The Labute approximate surface area is 111 Å². The van der Waals surface area contributed by atoms with Crippen LogP contribution in [0.5, 0.6) is 5.75 Å². The Morgan fingerprint density at radius 1 is 1.33 bits per heavy atom. The van der Waals surface area contributed by atoms with Crippen molar-refractivity contribution in [3.8, 4) is 5.75 Å². The second kappa shape index (κ2) is 5.93. The molecule has 0 amide bonds. The second-order valence-electron chi connectivity index (χ2n) is 4.02. The smallest absolute Gasteiger partial charge is 0.165 e. The van der Waals surface area contributed by atoms with Crippen molar-refractivity contribution >= 4 is 11.8 Å². The SMILES string of the molecule is COc1ccc(C(N)C(C)Sc2ncc[nH]2)cc1. The minimum absolute atomic E-state index is 0.0361. The largest absolute Gasteiger partial charge is 0.497 e. The fraction of sp³-hybridized carbons (Fsp3) is 0.308. The van der Waals surface area contributed by atoms with Gasteiger partial charge in [-0.2, -0.15) is 0 Å². The van der Waals surface area contributed by atoms with E-state index in [-0.39, 0.29) is 11.3 Å². The van der Waals surface area contributed by atoms with Crippen LogP contribution < -0.4 is 10.5 Å². The van der Waals surface area contributed by atoms with Gasteiger partial charge in [-0.25, -0.2) is 4.98 Å². The number of hydrogen-bond donors (Lipinski definition) is 2. The van der Waals surface area contributed by atoms with E-state index in [0.29, 0.717) is 0 Å². The summed E-state index contributed by atoms with van der Waals surface area (Å²) in [5.74, 6) is 0.845. The Balaban J connectivity index is 2.02. The van der Waals surface area contributed by atoms with Crippen LogP contribution in [-0.4, -0.2) is 22.3 Å². The lowest BCUT2D eigenvalue weighted by Gasteiger charge is -2.19. The summed E-state index contributed by atoms with van der Waals surface area (Å²) in [6, 6.07) is 7.83. The summed E-state index contributed by atoms with van der Waals surface area (Å²) in [6.45, 7) is 2.10. The molecule has 4 nitrogen and oxygen atoms in total. The summed E-state index contributed by atoms with van der Waals surface area (Å²) in [5, 5.41) is 1.14. The van der Waals surface area contributed by atoms with Crippen LogP contribution >= 0.6 is 11.8 Å². The molecule has 18 heavy (non-hydrogen) atoms. The van der Waals surface area contributed by atoms with Gasteiger partial charge in [0.15, 0.2) is 5.16 Å². The van der Waals surface area contributed by atoms with E-state index in [0.717, 1.165) is 16.5 Å². The number of methoxy groups -OCH3 is 1. The van der Waals surface area contributed by atoms with Gasteiger partial charge in [-0.15, -0.1) is 0 Å². The molecule has 96 valence electrons.